The summed E-state index contributed by atoms with van der Waals surface area (Å²) in [5, 5.41) is 12.2. The van der Waals surface area contributed by atoms with Gasteiger partial charge in [-0.2, -0.15) is 5.26 Å². The van der Waals surface area contributed by atoms with Crippen molar-refractivity contribution >= 4 is 17.7 Å². The molecule has 2 aromatic carbocycles. The van der Waals surface area contributed by atoms with E-state index < -0.39 is 5.91 Å². The molecule has 0 unspecified atom stereocenters. The number of carbonyl (C=O) groups excluding carboxylic acids is 1. The van der Waals surface area contributed by atoms with E-state index in [9.17, 15) is 10.1 Å². The number of nitriles is 1. The highest BCUT2D eigenvalue weighted by Crippen LogP contribution is 2.36. The molecular formula is C22H22N2O4. The van der Waals surface area contributed by atoms with Crippen LogP contribution in [0.2, 0.25) is 0 Å². The second-order valence-corrected chi connectivity index (χ2v) is 6.42. The third-order valence-electron chi connectivity index (χ3n) is 4.34. The highest BCUT2D eigenvalue weighted by atomic mass is 16.5. The predicted molar refractivity (Wildman–Crippen MR) is 107 cm³/mol. The molecule has 1 aliphatic heterocycles. The average Bonchev–Trinajstić information content (AvgIpc) is 3.05. The highest BCUT2D eigenvalue weighted by molar-refractivity contribution is 6.09. The fraction of sp³-hybridized carbons (Fsp3) is 0.273. The van der Waals surface area contributed by atoms with Gasteiger partial charge in [-0.1, -0.05) is 0 Å². The van der Waals surface area contributed by atoms with Gasteiger partial charge in [0.05, 0.1) is 13.7 Å². The van der Waals surface area contributed by atoms with E-state index in [0.717, 1.165) is 17.7 Å². The highest BCUT2D eigenvalue weighted by Gasteiger charge is 2.22. The first-order valence-electron chi connectivity index (χ1n) is 9.07. The Kier molecular flexibility index (Phi) is 5.85. The molecule has 2 aromatic rings. The maximum absolute atomic E-state index is 12.6. The summed E-state index contributed by atoms with van der Waals surface area (Å²) in [7, 11) is 1.57. The van der Waals surface area contributed by atoms with Gasteiger partial charge in [0.15, 0.2) is 0 Å². The van der Waals surface area contributed by atoms with E-state index in [1.54, 1.807) is 31.4 Å². The molecule has 6 nitrogen and oxygen atoms in total. The molecular weight excluding hydrogens is 356 g/mol. The number of fused-ring (bicyclic) bond motifs is 1. The lowest BCUT2D eigenvalue weighted by Gasteiger charge is -2.11. The Labute approximate surface area is 164 Å². The summed E-state index contributed by atoms with van der Waals surface area (Å²) in [6.07, 6.45) is 2.43. The van der Waals surface area contributed by atoms with E-state index in [-0.39, 0.29) is 11.7 Å². The zero-order chi connectivity index (χ0) is 20.1. The zero-order valence-corrected chi connectivity index (χ0v) is 16.1. The lowest BCUT2D eigenvalue weighted by Crippen LogP contribution is -2.13. The van der Waals surface area contributed by atoms with Gasteiger partial charge in [0.25, 0.3) is 5.91 Å². The van der Waals surface area contributed by atoms with Crippen molar-refractivity contribution in [2.45, 2.75) is 26.4 Å². The Morgan fingerprint density at radius 1 is 1.36 bits per heavy atom. The normalized spacial score (nSPS) is 15.2. The number of anilines is 1. The number of methoxy groups -OCH3 is 1. The molecule has 0 aromatic heterocycles. The third-order valence-corrected chi connectivity index (χ3v) is 4.34. The first-order chi connectivity index (χ1) is 13.5. The fourth-order valence-electron chi connectivity index (χ4n) is 3.03. The van der Waals surface area contributed by atoms with Gasteiger partial charge in [-0.05, 0) is 56.3 Å². The first-order valence-corrected chi connectivity index (χ1v) is 9.07. The van der Waals surface area contributed by atoms with Gasteiger partial charge in [-0.3, -0.25) is 4.79 Å². The number of hydrogen-bond donors (Lipinski definition) is 1. The third kappa shape index (κ3) is 4.26. The predicted octanol–water partition coefficient (Wildman–Crippen LogP) is 3.96. The Morgan fingerprint density at radius 2 is 2.11 bits per heavy atom. The molecule has 0 saturated heterocycles. The standard InChI is InChI=1S/C22H22N2O4/c1-4-27-20-11-15-9-14(2)28-21(15)12-16(20)10-17(13-23)22(25)24-18-5-7-19(26-3)8-6-18/h5-8,10-12,14H,4,9H2,1-3H3,(H,24,25)/b17-10+/t14-/m0/s1. The monoisotopic (exact) mass is 378 g/mol. The van der Waals surface area contributed by atoms with Gasteiger partial charge < -0.3 is 19.5 Å². The van der Waals surface area contributed by atoms with Crippen LogP contribution in [0.1, 0.15) is 25.0 Å². The SMILES string of the molecule is CCOc1cc2c(cc1/C=C(\C#N)C(=O)Nc1ccc(OC)cc1)O[C@@H](C)C2. The Hall–Kier alpha value is -3.46. The molecule has 28 heavy (non-hydrogen) atoms. The van der Waals surface area contributed by atoms with Gasteiger partial charge in [0.2, 0.25) is 0 Å². The molecule has 0 aliphatic carbocycles. The van der Waals surface area contributed by atoms with E-state index in [4.69, 9.17) is 14.2 Å². The summed E-state index contributed by atoms with van der Waals surface area (Å²) in [5.74, 6) is 1.58. The number of nitrogens with zero attached hydrogens (tertiary/aromatic N) is 1. The van der Waals surface area contributed by atoms with Crippen molar-refractivity contribution in [2.75, 3.05) is 19.0 Å². The first kappa shape index (κ1) is 19.3. The number of carbonyl (C=O) groups is 1. The van der Waals surface area contributed by atoms with Crippen LogP contribution in [0.25, 0.3) is 6.08 Å². The summed E-state index contributed by atoms with van der Waals surface area (Å²) in [6, 6.07) is 12.6. The van der Waals surface area contributed by atoms with Crippen LogP contribution >= 0.6 is 0 Å². The van der Waals surface area contributed by atoms with Crippen LogP contribution in [0.3, 0.4) is 0 Å². The van der Waals surface area contributed by atoms with Crippen molar-refractivity contribution in [3.8, 4) is 23.3 Å². The van der Waals surface area contributed by atoms with Crippen molar-refractivity contribution in [2.24, 2.45) is 0 Å². The number of hydrogen-bond acceptors (Lipinski definition) is 5. The lowest BCUT2D eigenvalue weighted by atomic mass is 10.0. The van der Waals surface area contributed by atoms with Crippen molar-refractivity contribution in [1.29, 1.82) is 5.26 Å². The van der Waals surface area contributed by atoms with E-state index in [1.165, 1.54) is 6.08 Å². The molecule has 0 saturated carbocycles. The van der Waals surface area contributed by atoms with Crippen molar-refractivity contribution < 1.29 is 19.0 Å². The van der Waals surface area contributed by atoms with Gasteiger partial charge >= 0.3 is 0 Å². The quantitative estimate of drug-likeness (QED) is 0.608. The summed E-state index contributed by atoms with van der Waals surface area (Å²) < 4.78 is 16.6. The van der Waals surface area contributed by atoms with Gasteiger partial charge in [0, 0.05) is 23.2 Å². The number of benzene rings is 2. The van der Waals surface area contributed by atoms with Crippen molar-refractivity contribution in [3.63, 3.8) is 0 Å². The average molecular weight is 378 g/mol. The maximum Gasteiger partial charge on any atom is 0.266 e. The molecule has 0 fully saturated rings. The van der Waals surface area contributed by atoms with E-state index >= 15 is 0 Å². The second-order valence-electron chi connectivity index (χ2n) is 6.42. The van der Waals surface area contributed by atoms with Crippen LogP contribution in [-0.2, 0) is 11.2 Å². The van der Waals surface area contributed by atoms with E-state index in [1.807, 2.05) is 32.0 Å². The van der Waals surface area contributed by atoms with Crippen molar-refractivity contribution in [1.82, 2.24) is 0 Å². The van der Waals surface area contributed by atoms with E-state index in [0.29, 0.717) is 29.4 Å². The Balaban J connectivity index is 1.88. The lowest BCUT2D eigenvalue weighted by molar-refractivity contribution is -0.112. The van der Waals surface area contributed by atoms with Crippen molar-refractivity contribution in [3.05, 3.63) is 53.1 Å². The molecule has 1 N–H and O–H groups in total. The molecule has 1 aliphatic rings. The molecule has 144 valence electrons. The zero-order valence-electron chi connectivity index (χ0n) is 16.1. The summed E-state index contributed by atoms with van der Waals surface area (Å²) >= 11 is 0. The smallest absolute Gasteiger partial charge is 0.266 e. The molecule has 0 spiro atoms. The Bertz CT molecular complexity index is 942. The second kappa shape index (κ2) is 8.49. The summed E-state index contributed by atoms with van der Waals surface area (Å²) in [4.78, 5) is 12.6. The molecule has 1 amide bonds. The van der Waals surface area contributed by atoms with Crippen LogP contribution in [0.5, 0.6) is 17.2 Å². The van der Waals surface area contributed by atoms with Gasteiger partial charge in [-0.25, -0.2) is 0 Å². The summed E-state index contributed by atoms with van der Waals surface area (Å²) in [6.45, 7) is 4.37. The number of rotatable bonds is 6. The van der Waals surface area contributed by atoms with Crippen LogP contribution in [0.15, 0.2) is 42.0 Å². The van der Waals surface area contributed by atoms with Crippen LogP contribution in [0.4, 0.5) is 5.69 Å². The minimum Gasteiger partial charge on any atom is -0.497 e. The topological polar surface area (TPSA) is 80.6 Å². The largest absolute Gasteiger partial charge is 0.497 e. The van der Waals surface area contributed by atoms with Gasteiger partial charge in [-0.15, -0.1) is 0 Å². The molecule has 3 rings (SSSR count). The summed E-state index contributed by atoms with van der Waals surface area (Å²) in [5.41, 5.74) is 2.25. The molecule has 6 heteroatoms. The Morgan fingerprint density at radius 3 is 2.75 bits per heavy atom. The van der Waals surface area contributed by atoms with Crippen LogP contribution in [-0.4, -0.2) is 25.7 Å². The number of nitrogens with one attached hydrogen (secondary N) is 1. The molecule has 1 heterocycles. The van der Waals surface area contributed by atoms with Crippen LogP contribution < -0.4 is 19.5 Å². The maximum atomic E-state index is 12.6. The fourth-order valence-corrected chi connectivity index (χ4v) is 3.03. The molecule has 0 bridgehead atoms. The number of ether oxygens (including phenoxy) is 3. The molecule has 0 radical (unpaired) electrons. The minimum atomic E-state index is -0.495. The number of amides is 1. The van der Waals surface area contributed by atoms with Gasteiger partial charge in [0.1, 0.15) is 35.0 Å². The molecule has 1 atom stereocenters. The minimum absolute atomic E-state index is 0.0252. The van der Waals surface area contributed by atoms with Crippen LogP contribution in [0, 0.1) is 11.3 Å². The van der Waals surface area contributed by atoms with E-state index in [2.05, 4.69) is 5.32 Å².